The summed E-state index contributed by atoms with van der Waals surface area (Å²) in [6.07, 6.45) is 9.24. The molecule has 0 saturated heterocycles. The van der Waals surface area contributed by atoms with Crippen LogP contribution in [-0.4, -0.2) is 38.8 Å². The Bertz CT molecular complexity index is 521. The second-order valence-electron chi connectivity index (χ2n) is 5.79. The van der Waals surface area contributed by atoms with Gasteiger partial charge >= 0.3 is 5.97 Å². The summed E-state index contributed by atoms with van der Waals surface area (Å²) >= 11 is 0. The van der Waals surface area contributed by atoms with Crippen LogP contribution >= 0.6 is 0 Å². The van der Waals surface area contributed by atoms with Crippen molar-refractivity contribution in [3.8, 4) is 0 Å². The molecular weight excluding hydrogens is 254 g/mol. The maximum Gasteiger partial charge on any atom is 0.356 e. The number of hydrogen-bond donors (Lipinski definition) is 1. The Kier molecular flexibility index (Phi) is 3.87. The molecule has 5 nitrogen and oxygen atoms in total. The average Bonchev–Trinajstić information content (AvgIpc) is 2.74. The predicted molar refractivity (Wildman–Crippen MR) is 75.6 cm³/mol. The lowest BCUT2D eigenvalue weighted by Crippen LogP contribution is -2.29. The summed E-state index contributed by atoms with van der Waals surface area (Å²) in [5.41, 5.74) is 1.20. The Labute approximate surface area is 118 Å². The average molecular weight is 275 g/mol. The van der Waals surface area contributed by atoms with Crippen LogP contribution in [0.4, 0.5) is 0 Å². The molecule has 5 heteroatoms. The number of hydrogen-bond acceptors (Lipinski definition) is 3. The third-order valence-electron chi connectivity index (χ3n) is 4.21. The van der Waals surface area contributed by atoms with Crippen LogP contribution in [0.25, 0.3) is 0 Å². The molecular formula is C15H21N3O2. The van der Waals surface area contributed by atoms with Gasteiger partial charge in [0.25, 0.3) is 0 Å². The van der Waals surface area contributed by atoms with Crippen LogP contribution in [0.2, 0.25) is 0 Å². The van der Waals surface area contributed by atoms with Gasteiger partial charge in [-0.15, -0.1) is 0 Å². The summed E-state index contributed by atoms with van der Waals surface area (Å²) in [5, 5.41) is 13.2. The van der Waals surface area contributed by atoms with E-state index in [1.54, 1.807) is 6.07 Å². The van der Waals surface area contributed by atoms with Crippen LogP contribution in [0.3, 0.4) is 0 Å². The molecule has 0 saturated carbocycles. The van der Waals surface area contributed by atoms with Crippen molar-refractivity contribution < 1.29 is 9.90 Å². The molecule has 3 rings (SSSR count). The van der Waals surface area contributed by atoms with Crippen LogP contribution in [0.15, 0.2) is 18.2 Å². The van der Waals surface area contributed by atoms with E-state index in [4.69, 9.17) is 5.11 Å². The van der Waals surface area contributed by atoms with Gasteiger partial charge in [0.05, 0.1) is 5.69 Å². The fourth-order valence-electron chi connectivity index (χ4n) is 3.18. The summed E-state index contributed by atoms with van der Waals surface area (Å²) in [4.78, 5) is 13.5. The lowest BCUT2D eigenvalue weighted by molar-refractivity contribution is 0.0689. The number of carboxylic acid groups (broad SMARTS) is 1. The molecule has 0 aromatic carbocycles. The zero-order chi connectivity index (χ0) is 13.9. The predicted octanol–water partition coefficient (Wildman–Crippen LogP) is 2.14. The van der Waals surface area contributed by atoms with Crippen molar-refractivity contribution in [3.63, 3.8) is 0 Å². The first-order valence-electron chi connectivity index (χ1n) is 7.40. The Morgan fingerprint density at radius 3 is 3.05 bits per heavy atom. The van der Waals surface area contributed by atoms with Crippen molar-refractivity contribution in [2.75, 3.05) is 13.1 Å². The van der Waals surface area contributed by atoms with Gasteiger partial charge in [-0.25, -0.2) is 4.79 Å². The highest BCUT2D eigenvalue weighted by molar-refractivity contribution is 5.85. The van der Waals surface area contributed by atoms with E-state index in [1.807, 2.05) is 4.68 Å². The van der Waals surface area contributed by atoms with E-state index >= 15 is 0 Å². The number of aromatic nitrogens is 2. The zero-order valence-corrected chi connectivity index (χ0v) is 11.7. The molecule has 1 aromatic heterocycles. The SMILES string of the molecule is O=C(O)c1cc2n(n1)CCCN(C[C@H]1CC=CCC1)C2. The number of carbonyl (C=O) groups is 1. The van der Waals surface area contributed by atoms with Crippen molar-refractivity contribution in [1.29, 1.82) is 0 Å². The van der Waals surface area contributed by atoms with Crippen molar-refractivity contribution in [1.82, 2.24) is 14.7 Å². The Morgan fingerprint density at radius 2 is 2.30 bits per heavy atom. The normalized spacial score (nSPS) is 23.3. The smallest absolute Gasteiger partial charge is 0.356 e. The van der Waals surface area contributed by atoms with Crippen molar-refractivity contribution in [2.45, 2.75) is 38.8 Å². The minimum Gasteiger partial charge on any atom is -0.476 e. The molecule has 0 unspecified atom stereocenters. The van der Waals surface area contributed by atoms with E-state index in [9.17, 15) is 4.79 Å². The number of allylic oxidation sites excluding steroid dienone is 2. The largest absolute Gasteiger partial charge is 0.476 e. The molecule has 0 spiro atoms. The van der Waals surface area contributed by atoms with Gasteiger partial charge in [-0.1, -0.05) is 12.2 Å². The molecule has 2 heterocycles. The molecule has 1 aliphatic heterocycles. The summed E-state index contributed by atoms with van der Waals surface area (Å²) in [5.74, 6) is -0.192. The van der Waals surface area contributed by atoms with Crippen LogP contribution in [0, 0.1) is 5.92 Å². The highest BCUT2D eigenvalue weighted by atomic mass is 16.4. The zero-order valence-electron chi connectivity index (χ0n) is 11.7. The fourth-order valence-corrected chi connectivity index (χ4v) is 3.18. The van der Waals surface area contributed by atoms with Gasteiger partial charge < -0.3 is 5.11 Å². The van der Waals surface area contributed by atoms with Gasteiger partial charge in [0, 0.05) is 26.2 Å². The first-order valence-corrected chi connectivity index (χ1v) is 7.40. The monoisotopic (exact) mass is 275 g/mol. The van der Waals surface area contributed by atoms with E-state index < -0.39 is 5.97 Å². The highest BCUT2D eigenvalue weighted by Crippen LogP contribution is 2.22. The van der Waals surface area contributed by atoms with Crippen LogP contribution < -0.4 is 0 Å². The molecule has 0 bridgehead atoms. The molecule has 0 fully saturated rings. The Morgan fingerprint density at radius 1 is 1.40 bits per heavy atom. The second-order valence-corrected chi connectivity index (χ2v) is 5.79. The van der Waals surface area contributed by atoms with Crippen molar-refractivity contribution in [3.05, 3.63) is 29.6 Å². The van der Waals surface area contributed by atoms with Crippen LogP contribution in [0.5, 0.6) is 0 Å². The molecule has 1 aromatic rings. The number of aromatic carboxylic acids is 1. The lowest BCUT2D eigenvalue weighted by Gasteiger charge is -2.26. The maximum absolute atomic E-state index is 11.0. The molecule has 0 radical (unpaired) electrons. The third-order valence-corrected chi connectivity index (χ3v) is 4.21. The Balaban J connectivity index is 1.68. The molecule has 108 valence electrons. The number of nitrogens with zero attached hydrogens (tertiary/aromatic N) is 3. The van der Waals surface area contributed by atoms with E-state index in [-0.39, 0.29) is 5.69 Å². The van der Waals surface area contributed by atoms with Gasteiger partial charge in [-0.3, -0.25) is 9.58 Å². The van der Waals surface area contributed by atoms with Crippen molar-refractivity contribution in [2.24, 2.45) is 5.92 Å². The molecule has 1 atom stereocenters. The van der Waals surface area contributed by atoms with E-state index in [0.717, 1.165) is 44.2 Å². The second kappa shape index (κ2) is 5.79. The fraction of sp³-hybridized carbons (Fsp3) is 0.600. The van der Waals surface area contributed by atoms with Gasteiger partial charge in [0.2, 0.25) is 0 Å². The van der Waals surface area contributed by atoms with E-state index in [0.29, 0.717) is 0 Å². The Hall–Kier alpha value is -1.62. The molecule has 0 amide bonds. The summed E-state index contributed by atoms with van der Waals surface area (Å²) in [7, 11) is 0. The number of fused-ring (bicyclic) bond motifs is 1. The highest BCUT2D eigenvalue weighted by Gasteiger charge is 2.21. The number of rotatable bonds is 3. The van der Waals surface area contributed by atoms with Crippen molar-refractivity contribution >= 4 is 5.97 Å². The van der Waals surface area contributed by atoms with Gasteiger partial charge in [-0.05, 0) is 37.7 Å². The van der Waals surface area contributed by atoms with Crippen LogP contribution in [0.1, 0.15) is 41.9 Å². The standard InChI is InChI=1S/C15H21N3O2/c19-15(20)14-9-13-11-17(7-4-8-18(13)16-14)10-12-5-2-1-3-6-12/h1-2,9,12H,3-8,10-11H2,(H,19,20)/t12-/m0/s1. The number of carboxylic acids is 1. The van der Waals surface area contributed by atoms with Gasteiger partial charge in [-0.2, -0.15) is 5.10 Å². The topological polar surface area (TPSA) is 58.4 Å². The number of aryl methyl sites for hydroxylation is 1. The minimum atomic E-state index is -0.936. The molecule has 2 aliphatic rings. The van der Waals surface area contributed by atoms with E-state index in [1.165, 1.54) is 19.3 Å². The molecule has 1 aliphatic carbocycles. The summed E-state index contributed by atoms with van der Waals surface area (Å²) in [6, 6.07) is 1.72. The first kappa shape index (κ1) is 13.4. The summed E-state index contributed by atoms with van der Waals surface area (Å²) in [6.45, 7) is 3.83. The lowest BCUT2D eigenvalue weighted by atomic mass is 9.94. The third kappa shape index (κ3) is 2.93. The van der Waals surface area contributed by atoms with Crippen LogP contribution in [-0.2, 0) is 13.1 Å². The quantitative estimate of drug-likeness (QED) is 0.859. The molecule has 1 N–H and O–H groups in total. The summed E-state index contributed by atoms with van der Waals surface area (Å²) < 4.78 is 1.87. The van der Waals surface area contributed by atoms with Gasteiger partial charge in [0.15, 0.2) is 5.69 Å². The van der Waals surface area contributed by atoms with E-state index in [2.05, 4.69) is 22.2 Å². The maximum atomic E-state index is 11.0. The first-order chi connectivity index (χ1) is 9.72. The molecule has 20 heavy (non-hydrogen) atoms. The van der Waals surface area contributed by atoms with Gasteiger partial charge in [0.1, 0.15) is 0 Å². The minimum absolute atomic E-state index is 0.169.